The molecule has 1 fully saturated rings. The van der Waals surface area contributed by atoms with Gasteiger partial charge in [0.25, 0.3) is 0 Å². The van der Waals surface area contributed by atoms with Gasteiger partial charge in [0.05, 0.1) is 5.60 Å². The average Bonchev–Trinajstić information content (AvgIpc) is 2.24. The molecule has 1 unspecified atom stereocenters. The molecule has 98 valence electrons. The van der Waals surface area contributed by atoms with Crippen LogP contribution in [0.1, 0.15) is 52.4 Å². The van der Waals surface area contributed by atoms with Crippen molar-refractivity contribution in [1.82, 2.24) is 0 Å². The van der Waals surface area contributed by atoms with Crippen molar-refractivity contribution in [2.75, 3.05) is 0 Å². The van der Waals surface area contributed by atoms with E-state index in [1.807, 2.05) is 6.08 Å². The molecule has 1 atom stereocenters. The van der Waals surface area contributed by atoms with Crippen LogP contribution < -0.4 is 0 Å². The maximum absolute atomic E-state index is 11.3. The van der Waals surface area contributed by atoms with Crippen molar-refractivity contribution in [2.24, 2.45) is 11.8 Å². The molecule has 0 spiro atoms. The number of hydrogen-bond donors (Lipinski definition) is 2. The number of hydrogen-bond acceptors (Lipinski definition) is 2. The number of allylic oxidation sites excluding steroid dienone is 1. The minimum atomic E-state index is -1.03. The molecule has 0 aromatic rings. The average molecular weight is 240 g/mol. The highest BCUT2D eigenvalue weighted by Gasteiger charge is 2.40. The second kappa shape index (κ2) is 6.20. The van der Waals surface area contributed by atoms with Crippen LogP contribution in [0.25, 0.3) is 0 Å². The van der Waals surface area contributed by atoms with Gasteiger partial charge in [-0.25, -0.2) is 0 Å². The van der Waals surface area contributed by atoms with Crippen LogP contribution in [0.3, 0.4) is 0 Å². The molecular formula is C14H24O3. The van der Waals surface area contributed by atoms with Gasteiger partial charge >= 0.3 is 5.97 Å². The van der Waals surface area contributed by atoms with E-state index < -0.39 is 17.5 Å². The maximum Gasteiger partial charge on any atom is 0.313 e. The van der Waals surface area contributed by atoms with Gasteiger partial charge in [-0.05, 0) is 25.2 Å². The highest BCUT2D eigenvalue weighted by Crippen LogP contribution is 2.35. The van der Waals surface area contributed by atoms with Crippen molar-refractivity contribution in [3.63, 3.8) is 0 Å². The van der Waals surface area contributed by atoms with Crippen molar-refractivity contribution in [3.05, 3.63) is 12.2 Å². The predicted molar refractivity (Wildman–Crippen MR) is 67.8 cm³/mol. The predicted octanol–water partition coefficient (Wildman–Crippen LogP) is 2.98. The van der Waals surface area contributed by atoms with Crippen molar-refractivity contribution >= 4 is 5.97 Å². The fraction of sp³-hybridized carbons (Fsp3) is 0.786. The Balaban J connectivity index is 2.70. The zero-order valence-electron chi connectivity index (χ0n) is 10.9. The second-order valence-electron chi connectivity index (χ2n) is 5.54. The molecule has 0 heterocycles. The van der Waals surface area contributed by atoms with Crippen molar-refractivity contribution in [2.45, 2.75) is 58.0 Å². The van der Waals surface area contributed by atoms with Gasteiger partial charge in [0.15, 0.2) is 0 Å². The lowest BCUT2D eigenvalue weighted by Gasteiger charge is -2.35. The van der Waals surface area contributed by atoms with Crippen molar-refractivity contribution in [3.8, 4) is 0 Å². The number of aliphatic hydroxyl groups is 1. The Morgan fingerprint density at radius 3 is 2.35 bits per heavy atom. The molecule has 0 aliphatic heterocycles. The summed E-state index contributed by atoms with van der Waals surface area (Å²) < 4.78 is 0. The monoisotopic (exact) mass is 240 g/mol. The standard InChI is InChI=1S/C14H24O3/c1-11(2)7-6-8-12(13(15)16)14(17)9-4-3-5-10-14/h6,8,11-12,17H,3-5,7,9-10H2,1-2H3,(H,15,16)/b8-6+. The molecule has 3 heteroatoms. The van der Waals surface area contributed by atoms with Crippen molar-refractivity contribution < 1.29 is 15.0 Å². The lowest BCUT2D eigenvalue weighted by atomic mass is 9.75. The van der Waals surface area contributed by atoms with Crippen LogP contribution >= 0.6 is 0 Å². The molecule has 0 bridgehead atoms. The Morgan fingerprint density at radius 1 is 1.29 bits per heavy atom. The molecule has 0 aromatic carbocycles. The maximum atomic E-state index is 11.3. The SMILES string of the molecule is CC(C)C/C=C/C(C(=O)O)C1(O)CCCCC1. The fourth-order valence-corrected chi connectivity index (χ4v) is 2.45. The van der Waals surface area contributed by atoms with Crippen LogP contribution in [0.2, 0.25) is 0 Å². The highest BCUT2D eigenvalue weighted by molar-refractivity contribution is 5.73. The van der Waals surface area contributed by atoms with Gasteiger partial charge in [-0.1, -0.05) is 45.3 Å². The van der Waals surface area contributed by atoms with Gasteiger partial charge in [-0.15, -0.1) is 0 Å². The summed E-state index contributed by atoms with van der Waals surface area (Å²) in [6.07, 6.45) is 8.62. The van der Waals surface area contributed by atoms with E-state index in [1.165, 1.54) is 0 Å². The first-order chi connectivity index (χ1) is 7.96. The summed E-state index contributed by atoms with van der Waals surface area (Å²) in [6.45, 7) is 4.19. The largest absolute Gasteiger partial charge is 0.481 e. The third kappa shape index (κ3) is 4.15. The van der Waals surface area contributed by atoms with Crippen LogP contribution in [0.5, 0.6) is 0 Å². The molecule has 0 aromatic heterocycles. The van der Waals surface area contributed by atoms with Gasteiger partial charge in [0.2, 0.25) is 0 Å². The Kier molecular flexibility index (Phi) is 5.19. The fourth-order valence-electron chi connectivity index (χ4n) is 2.45. The summed E-state index contributed by atoms with van der Waals surface area (Å²) in [5.74, 6) is -1.14. The molecule has 0 saturated heterocycles. The van der Waals surface area contributed by atoms with Crippen LogP contribution in [0.15, 0.2) is 12.2 Å². The Hall–Kier alpha value is -0.830. The van der Waals surface area contributed by atoms with E-state index in [0.29, 0.717) is 18.8 Å². The van der Waals surface area contributed by atoms with E-state index in [9.17, 15) is 15.0 Å². The van der Waals surface area contributed by atoms with Crippen LogP contribution in [-0.2, 0) is 4.79 Å². The van der Waals surface area contributed by atoms with Gasteiger partial charge < -0.3 is 10.2 Å². The van der Waals surface area contributed by atoms with Gasteiger partial charge in [0, 0.05) is 0 Å². The number of carbonyl (C=O) groups is 1. The third-order valence-corrected chi connectivity index (χ3v) is 3.50. The highest BCUT2D eigenvalue weighted by atomic mass is 16.4. The third-order valence-electron chi connectivity index (χ3n) is 3.50. The van der Waals surface area contributed by atoms with E-state index in [0.717, 1.165) is 25.7 Å². The first kappa shape index (κ1) is 14.2. The quantitative estimate of drug-likeness (QED) is 0.726. The summed E-state index contributed by atoms with van der Waals surface area (Å²) in [5, 5.41) is 19.7. The Bertz CT molecular complexity index is 275. The lowest BCUT2D eigenvalue weighted by molar-refractivity contribution is -0.150. The van der Waals surface area contributed by atoms with Crippen LogP contribution in [-0.4, -0.2) is 21.8 Å². The van der Waals surface area contributed by atoms with Gasteiger partial charge in [0.1, 0.15) is 5.92 Å². The molecule has 1 rings (SSSR count). The molecule has 2 N–H and O–H groups in total. The number of aliphatic carboxylic acids is 1. The van der Waals surface area contributed by atoms with Crippen LogP contribution in [0.4, 0.5) is 0 Å². The summed E-state index contributed by atoms with van der Waals surface area (Å²) in [4.78, 5) is 11.3. The normalized spacial score (nSPS) is 21.9. The minimum absolute atomic E-state index is 0.515. The van der Waals surface area contributed by atoms with E-state index in [4.69, 9.17) is 0 Å². The summed E-state index contributed by atoms with van der Waals surface area (Å²) >= 11 is 0. The zero-order chi connectivity index (χ0) is 12.9. The zero-order valence-corrected chi connectivity index (χ0v) is 10.9. The van der Waals surface area contributed by atoms with E-state index in [2.05, 4.69) is 13.8 Å². The van der Waals surface area contributed by atoms with Gasteiger partial charge in [-0.3, -0.25) is 4.79 Å². The summed E-state index contributed by atoms with van der Waals surface area (Å²) in [5.41, 5.74) is -1.03. The smallest absolute Gasteiger partial charge is 0.313 e. The molecule has 1 aliphatic rings. The second-order valence-corrected chi connectivity index (χ2v) is 5.54. The van der Waals surface area contributed by atoms with Crippen LogP contribution in [0, 0.1) is 11.8 Å². The van der Waals surface area contributed by atoms with E-state index >= 15 is 0 Å². The number of carboxylic acids is 1. The molecule has 3 nitrogen and oxygen atoms in total. The minimum Gasteiger partial charge on any atom is -0.481 e. The Labute approximate surface area is 104 Å². The molecule has 0 amide bonds. The van der Waals surface area contributed by atoms with Crippen molar-refractivity contribution in [1.29, 1.82) is 0 Å². The lowest BCUT2D eigenvalue weighted by Crippen LogP contribution is -2.43. The number of carboxylic acid groups (broad SMARTS) is 1. The first-order valence-electron chi connectivity index (χ1n) is 6.57. The number of rotatable bonds is 5. The topological polar surface area (TPSA) is 57.5 Å². The Morgan fingerprint density at radius 2 is 1.88 bits per heavy atom. The first-order valence-corrected chi connectivity index (χ1v) is 6.57. The van der Waals surface area contributed by atoms with Gasteiger partial charge in [-0.2, -0.15) is 0 Å². The molecular weight excluding hydrogens is 216 g/mol. The molecule has 1 aliphatic carbocycles. The molecule has 17 heavy (non-hydrogen) atoms. The molecule has 0 radical (unpaired) electrons. The summed E-state index contributed by atoms with van der Waals surface area (Å²) in [7, 11) is 0. The molecule has 1 saturated carbocycles. The van der Waals surface area contributed by atoms with E-state index in [1.54, 1.807) is 6.08 Å². The van der Waals surface area contributed by atoms with E-state index in [-0.39, 0.29) is 0 Å². The summed E-state index contributed by atoms with van der Waals surface area (Å²) in [6, 6.07) is 0.